The first-order valence-corrected chi connectivity index (χ1v) is 8.39. The summed E-state index contributed by atoms with van der Waals surface area (Å²) in [5.74, 6) is 0. The fourth-order valence-corrected chi connectivity index (χ4v) is 3.54. The van der Waals surface area contributed by atoms with Crippen molar-refractivity contribution in [3.63, 3.8) is 0 Å². The van der Waals surface area contributed by atoms with Gasteiger partial charge in [0.15, 0.2) is 0 Å². The largest absolute Gasteiger partial charge is 0.389 e. The zero-order valence-corrected chi connectivity index (χ0v) is 14.0. The number of hydrogen-bond acceptors (Lipinski definition) is 1. The van der Waals surface area contributed by atoms with Gasteiger partial charge in [0.25, 0.3) is 0 Å². The van der Waals surface area contributed by atoms with Crippen molar-refractivity contribution in [3.8, 4) is 0 Å². The molecule has 0 radical (unpaired) electrons. The summed E-state index contributed by atoms with van der Waals surface area (Å²) in [6, 6.07) is 14.9. The molecule has 3 rings (SSSR count). The first kappa shape index (κ1) is 14.8. The minimum Gasteiger partial charge on any atom is -0.389 e. The number of fused-ring (bicyclic) bond motifs is 1. The summed E-state index contributed by atoms with van der Waals surface area (Å²) in [5, 5.41) is 10.7. The molecule has 1 unspecified atom stereocenters. The van der Waals surface area contributed by atoms with Gasteiger partial charge in [-0.05, 0) is 60.6 Å². The molecule has 0 heterocycles. The molecule has 1 atom stereocenters. The van der Waals surface area contributed by atoms with Crippen LogP contribution in [0.1, 0.15) is 35.6 Å². The highest BCUT2D eigenvalue weighted by molar-refractivity contribution is 9.10. The third-order valence-electron chi connectivity index (χ3n) is 4.25. The lowest BCUT2D eigenvalue weighted by molar-refractivity contribution is 0.0608. The normalized spacial score (nSPS) is 16.5. The summed E-state index contributed by atoms with van der Waals surface area (Å²) in [6.45, 7) is 1.93. The number of aryl methyl sites for hydroxylation is 2. The van der Waals surface area contributed by atoms with E-state index in [2.05, 4.69) is 46.3 Å². The Bertz CT molecular complexity index is 629. The van der Waals surface area contributed by atoms with Crippen LogP contribution in [0.15, 0.2) is 46.9 Å². The van der Waals surface area contributed by atoms with E-state index in [-0.39, 0.29) is 0 Å². The van der Waals surface area contributed by atoms with Crippen LogP contribution in [0.2, 0.25) is 0 Å². The zero-order valence-electron chi connectivity index (χ0n) is 12.4. The summed E-state index contributed by atoms with van der Waals surface area (Å²) >= 11 is 3.44. The lowest BCUT2D eigenvalue weighted by Gasteiger charge is -2.24. The highest BCUT2D eigenvalue weighted by Gasteiger charge is 2.22. The molecule has 0 aromatic heterocycles. The van der Waals surface area contributed by atoms with Crippen LogP contribution < -0.4 is 0 Å². The van der Waals surface area contributed by atoms with Gasteiger partial charge in [-0.1, -0.05) is 46.3 Å². The summed E-state index contributed by atoms with van der Waals surface area (Å²) < 4.78 is 1.07. The van der Waals surface area contributed by atoms with Crippen molar-refractivity contribution >= 4 is 15.9 Å². The zero-order chi connectivity index (χ0) is 14.9. The Kier molecular flexibility index (Phi) is 4.19. The molecule has 2 aromatic rings. The molecule has 0 aliphatic heterocycles. The third kappa shape index (κ3) is 3.75. The van der Waals surface area contributed by atoms with Crippen LogP contribution in [-0.2, 0) is 25.7 Å². The first-order valence-electron chi connectivity index (χ1n) is 7.59. The van der Waals surface area contributed by atoms with E-state index in [1.807, 2.05) is 19.1 Å². The topological polar surface area (TPSA) is 20.2 Å². The van der Waals surface area contributed by atoms with Crippen molar-refractivity contribution in [1.29, 1.82) is 0 Å². The van der Waals surface area contributed by atoms with Crippen LogP contribution in [0.4, 0.5) is 0 Å². The molecule has 2 heteroatoms. The molecule has 1 N–H and O–H groups in total. The smallest absolute Gasteiger partial charge is 0.0700 e. The van der Waals surface area contributed by atoms with E-state index in [1.54, 1.807) is 0 Å². The molecule has 1 aliphatic carbocycles. The van der Waals surface area contributed by atoms with E-state index in [0.717, 1.165) is 4.47 Å². The average Bonchev–Trinajstić information content (AvgIpc) is 2.88. The second kappa shape index (κ2) is 5.94. The standard InChI is InChI=1S/C19H21BrO/c1-19(21,12-14-6-9-18(20)10-7-14)13-15-5-8-16-3-2-4-17(16)11-15/h5-11,21H,2-4,12-13H2,1H3. The molecule has 110 valence electrons. The van der Waals surface area contributed by atoms with E-state index in [0.29, 0.717) is 12.8 Å². The van der Waals surface area contributed by atoms with Gasteiger partial charge in [0.05, 0.1) is 5.60 Å². The van der Waals surface area contributed by atoms with Crippen molar-refractivity contribution < 1.29 is 5.11 Å². The maximum atomic E-state index is 10.7. The molecule has 2 aromatic carbocycles. The number of benzene rings is 2. The van der Waals surface area contributed by atoms with Gasteiger partial charge in [-0.3, -0.25) is 0 Å². The molecular weight excluding hydrogens is 324 g/mol. The average molecular weight is 345 g/mol. The van der Waals surface area contributed by atoms with Crippen LogP contribution in [0, 0.1) is 0 Å². The lowest BCUT2D eigenvalue weighted by atomic mass is 9.89. The van der Waals surface area contributed by atoms with Crippen molar-refractivity contribution in [3.05, 3.63) is 69.2 Å². The van der Waals surface area contributed by atoms with Gasteiger partial charge in [0.1, 0.15) is 0 Å². The minimum atomic E-state index is -0.708. The van der Waals surface area contributed by atoms with E-state index in [4.69, 9.17) is 0 Å². The summed E-state index contributed by atoms with van der Waals surface area (Å²) in [7, 11) is 0. The first-order chi connectivity index (χ1) is 10.0. The van der Waals surface area contributed by atoms with Gasteiger partial charge in [-0.15, -0.1) is 0 Å². The Labute approximate surface area is 135 Å². The molecule has 0 saturated carbocycles. The summed E-state index contributed by atoms with van der Waals surface area (Å²) in [6.07, 6.45) is 5.06. The van der Waals surface area contributed by atoms with Crippen molar-refractivity contribution in [2.24, 2.45) is 0 Å². The Hall–Kier alpha value is -1.12. The second-order valence-electron chi connectivity index (χ2n) is 6.43. The number of aliphatic hydroxyl groups is 1. The predicted molar refractivity (Wildman–Crippen MR) is 90.6 cm³/mol. The van der Waals surface area contributed by atoms with E-state index >= 15 is 0 Å². The highest BCUT2D eigenvalue weighted by Crippen LogP contribution is 2.26. The van der Waals surface area contributed by atoms with Gasteiger partial charge < -0.3 is 5.11 Å². The van der Waals surface area contributed by atoms with Gasteiger partial charge in [-0.2, -0.15) is 0 Å². The maximum Gasteiger partial charge on any atom is 0.0700 e. The fraction of sp³-hybridized carbons (Fsp3) is 0.368. The summed E-state index contributed by atoms with van der Waals surface area (Å²) in [4.78, 5) is 0. The monoisotopic (exact) mass is 344 g/mol. The van der Waals surface area contributed by atoms with Crippen LogP contribution in [-0.4, -0.2) is 10.7 Å². The molecular formula is C19H21BrO. The molecule has 1 nitrogen and oxygen atoms in total. The molecule has 0 fully saturated rings. The van der Waals surface area contributed by atoms with E-state index in [9.17, 15) is 5.11 Å². The third-order valence-corrected chi connectivity index (χ3v) is 4.77. The molecule has 0 amide bonds. The Morgan fingerprint density at radius 1 is 0.952 bits per heavy atom. The van der Waals surface area contributed by atoms with Gasteiger partial charge in [-0.25, -0.2) is 0 Å². The molecule has 0 spiro atoms. The molecule has 0 saturated heterocycles. The predicted octanol–water partition coefficient (Wildman–Crippen LogP) is 4.47. The van der Waals surface area contributed by atoms with E-state index < -0.39 is 5.60 Å². The van der Waals surface area contributed by atoms with Crippen molar-refractivity contribution in [1.82, 2.24) is 0 Å². The fourth-order valence-electron chi connectivity index (χ4n) is 3.28. The van der Waals surface area contributed by atoms with Crippen LogP contribution in [0.3, 0.4) is 0 Å². The maximum absolute atomic E-state index is 10.7. The van der Waals surface area contributed by atoms with Gasteiger partial charge in [0, 0.05) is 17.3 Å². The Morgan fingerprint density at radius 2 is 1.57 bits per heavy atom. The Morgan fingerprint density at radius 3 is 2.33 bits per heavy atom. The quantitative estimate of drug-likeness (QED) is 0.867. The Balaban J connectivity index is 1.71. The van der Waals surface area contributed by atoms with Crippen LogP contribution >= 0.6 is 15.9 Å². The molecule has 1 aliphatic rings. The number of halogens is 1. The molecule has 0 bridgehead atoms. The number of rotatable bonds is 4. The number of hydrogen-bond donors (Lipinski definition) is 1. The van der Waals surface area contributed by atoms with Gasteiger partial charge >= 0.3 is 0 Å². The van der Waals surface area contributed by atoms with E-state index in [1.165, 1.54) is 41.5 Å². The summed E-state index contributed by atoms with van der Waals surface area (Å²) in [5.41, 5.74) is 4.68. The van der Waals surface area contributed by atoms with Crippen LogP contribution in [0.5, 0.6) is 0 Å². The van der Waals surface area contributed by atoms with Gasteiger partial charge in [0.2, 0.25) is 0 Å². The highest BCUT2D eigenvalue weighted by atomic mass is 79.9. The van der Waals surface area contributed by atoms with Crippen LogP contribution in [0.25, 0.3) is 0 Å². The second-order valence-corrected chi connectivity index (χ2v) is 7.35. The SMILES string of the molecule is CC(O)(Cc1ccc(Br)cc1)Cc1ccc2c(c1)CCC2. The lowest BCUT2D eigenvalue weighted by Crippen LogP contribution is -2.30. The van der Waals surface area contributed by atoms with Crippen molar-refractivity contribution in [2.75, 3.05) is 0 Å². The minimum absolute atomic E-state index is 0.678. The molecule has 21 heavy (non-hydrogen) atoms. The van der Waals surface area contributed by atoms with Crippen molar-refractivity contribution in [2.45, 2.75) is 44.6 Å².